The van der Waals surface area contributed by atoms with E-state index in [1.54, 1.807) is 12.1 Å². The molecule has 5 nitrogen and oxygen atoms in total. The van der Waals surface area contributed by atoms with Gasteiger partial charge >= 0.3 is 0 Å². The van der Waals surface area contributed by atoms with Crippen molar-refractivity contribution in [1.29, 1.82) is 0 Å². The highest BCUT2D eigenvalue weighted by molar-refractivity contribution is 8.00. The first-order valence-electron chi connectivity index (χ1n) is 9.16. The van der Waals surface area contributed by atoms with Crippen molar-refractivity contribution in [2.45, 2.75) is 42.9 Å². The van der Waals surface area contributed by atoms with Crippen LogP contribution < -0.4 is 0 Å². The fourth-order valence-corrected chi connectivity index (χ4v) is 4.13. The van der Waals surface area contributed by atoms with Gasteiger partial charge in [0.15, 0.2) is 5.82 Å². The fraction of sp³-hybridized carbons (Fsp3) is 0.526. The van der Waals surface area contributed by atoms with E-state index in [1.165, 1.54) is 23.9 Å². The summed E-state index contributed by atoms with van der Waals surface area (Å²) in [6.45, 7) is 1.54. The highest BCUT2D eigenvalue weighted by atomic mass is 32.2. The van der Waals surface area contributed by atoms with Gasteiger partial charge in [-0.1, -0.05) is 5.16 Å². The molecule has 0 radical (unpaired) electrons. The minimum atomic E-state index is -0.259. The van der Waals surface area contributed by atoms with Gasteiger partial charge in [0, 0.05) is 30.3 Å². The van der Waals surface area contributed by atoms with Crippen molar-refractivity contribution in [2.24, 2.45) is 5.92 Å². The molecule has 0 bridgehead atoms. The van der Waals surface area contributed by atoms with Crippen molar-refractivity contribution in [1.82, 2.24) is 15.0 Å². The smallest absolute Gasteiger partial charge is 0.232 e. The Morgan fingerprint density at radius 3 is 2.85 bits per heavy atom. The summed E-state index contributed by atoms with van der Waals surface area (Å²) in [6.07, 6.45) is 5.15. The number of carbonyl (C=O) groups is 1. The molecule has 1 amide bonds. The summed E-state index contributed by atoms with van der Waals surface area (Å²) < 4.78 is 18.3. The number of piperidine rings is 1. The molecule has 1 aromatic carbocycles. The minimum Gasteiger partial charge on any atom is -0.342 e. The predicted molar refractivity (Wildman–Crippen MR) is 96.4 cm³/mol. The normalized spacial score (nSPS) is 20.3. The van der Waals surface area contributed by atoms with E-state index in [0.29, 0.717) is 23.5 Å². The van der Waals surface area contributed by atoms with E-state index in [1.807, 2.05) is 4.90 Å². The molecule has 1 unspecified atom stereocenters. The number of likely N-dealkylation sites (tertiary alicyclic amines) is 1. The SMILES string of the molecule is O=C(CSc1ccc(F)cc1)N1CCCC(Cc2nc(C3CC3)no2)C1. The standard InChI is InChI=1S/C19H22FN3O2S/c20-15-5-7-16(8-6-15)26-12-18(24)23-9-1-2-13(11-23)10-17-21-19(22-25-17)14-3-4-14/h5-8,13-14H,1-4,9-12H2. The fourth-order valence-electron chi connectivity index (χ4n) is 3.33. The van der Waals surface area contributed by atoms with Gasteiger partial charge < -0.3 is 9.42 Å². The van der Waals surface area contributed by atoms with Crippen LogP contribution in [-0.2, 0) is 11.2 Å². The van der Waals surface area contributed by atoms with Crippen LogP contribution in [0.5, 0.6) is 0 Å². The lowest BCUT2D eigenvalue weighted by Gasteiger charge is -2.32. The van der Waals surface area contributed by atoms with Crippen molar-refractivity contribution in [3.8, 4) is 0 Å². The summed E-state index contributed by atoms with van der Waals surface area (Å²) in [6, 6.07) is 6.26. The van der Waals surface area contributed by atoms with Crippen LogP contribution in [0.2, 0.25) is 0 Å². The molecule has 1 saturated carbocycles. The Morgan fingerprint density at radius 1 is 1.27 bits per heavy atom. The second-order valence-corrected chi connectivity index (χ2v) is 8.16. The molecule has 2 aliphatic rings. The van der Waals surface area contributed by atoms with Crippen LogP contribution in [0.15, 0.2) is 33.7 Å². The van der Waals surface area contributed by atoms with E-state index in [0.717, 1.165) is 55.9 Å². The molecular formula is C19H22FN3O2S. The van der Waals surface area contributed by atoms with Crippen molar-refractivity contribution >= 4 is 17.7 Å². The van der Waals surface area contributed by atoms with Crippen molar-refractivity contribution < 1.29 is 13.7 Å². The van der Waals surface area contributed by atoms with E-state index >= 15 is 0 Å². The Kier molecular flexibility index (Phi) is 5.24. The Morgan fingerprint density at radius 2 is 2.08 bits per heavy atom. The van der Waals surface area contributed by atoms with E-state index in [4.69, 9.17) is 4.52 Å². The highest BCUT2D eigenvalue weighted by Gasteiger charge is 2.30. The van der Waals surface area contributed by atoms with Gasteiger partial charge in [-0.25, -0.2) is 4.39 Å². The first-order chi connectivity index (χ1) is 12.7. The minimum absolute atomic E-state index is 0.133. The molecule has 0 N–H and O–H groups in total. The maximum absolute atomic E-state index is 12.9. The van der Waals surface area contributed by atoms with Crippen molar-refractivity contribution in [2.75, 3.05) is 18.8 Å². The maximum atomic E-state index is 12.9. The first kappa shape index (κ1) is 17.5. The quantitative estimate of drug-likeness (QED) is 0.721. The lowest BCUT2D eigenvalue weighted by Crippen LogP contribution is -2.41. The Balaban J connectivity index is 1.27. The molecule has 1 saturated heterocycles. The third-order valence-electron chi connectivity index (χ3n) is 4.94. The lowest BCUT2D eigenvalue weighted by atomic mass is 9.95. The number of rotatable bonds is 6. The zero-order valence-corrected chi connectivity index (χ0v) is 15.4. The number of benzene rings is 1. The van der Waals surface area contributed by atoms with E-state index < -0.39 is 0 Å². The maximum Gasteiger partial charge on any atom is 0.232 e. The lowest BCUT2D eigenvalue weighted by molar-refractivity contribution is -0.130. The molecule has 1 aromatic heterocycles. The molecule has 0 spiro atoms. The summed E-state index contributed by atoms with van der Waals surface area (Å²) >= 11 is 1.45. The van der Waals surface area contributed by atoms with Gasteiger partial charge in [-0.3, -0.25) is 4.79 Å². The number of amides is 1. The molecule has 1 aliphatic heterocycles. The third-order valence-corrected chi connectivity index (χ3v) is 5.93. The average Bonchev–Trinajstić information content (AvgIpc) is 3.41. The Hall–Kier alpha value is -1.89. The van der Waals surface area contributed by atoms with Gasteiger partial charge in [0.2, 0.25) is 11.8 Å². The van der Waals surface area contributed by atoms with Gasteiger partial charge in [0.05, 0.1) is 5.75 Å². The molecule has 2 aromatic rings. The third kappa shape index (κ3) is 4.44. The van der Waals surface area contributed by atoms with Crippen molar-refractivity contribution in [3.05, 3.63) is 41.8 Å². The molecule has 4 rings (SSSR count). The number of carbonyl (C=O) groups excluding carboxylic acids is 1. The summed E-state index contributed by atoms with van der Waals surface area (Å²) in [5.74, 6) is 2.67. The number of hydrogen-bond donors (Lipinski definition) is 0. The Labute approximate surface area is 156 Å². The molecule has 1 atom stereocenters. The topological polar surface area (TPSA) is 59.2 Å². The molecule has 1 aliphatic carbocycles. The number of aromatic nitrogens is 2. The van der Waals surface area contributed by atoms with E-state index in [9.17, 15) is 9.18 Å². The molecule has 138 valence electrons. The van der Waals surface area contributed by atoms with Gasteiger partial charge in [0.25, 0.3) is 0 Å². The van der Waals surface area contributed by atoms with Crippen LogP contribution in [0, 0.1) is 11.7 Å². The predicted octanol–water partition coefficient (Wildman–Crippen LogP) is 3.66. The van der Waals surface area contributed by atoms with Crippen LogP contribution >= 0.6 is 11.8 Å². The highest BCUT2D eigenvalue weighted by Crippen LogP contribution is 2.38. The summed E-state index contributed by atoms with van der Waals surface area (Å²) in [7, 11) is 0. The zero-order valence-electron chi connectivity index (χ0n) is 14.6. The molecule has 26 heavy (non-hydrogen) atoms. The van der Waals surface area contributed by atoms with Crippen LogP contribution in [0.3, 0.4) is 0 Å². The number of nitrogens with zero attached hydrogens (tertiary/aromatic N) is 3. The van der Waals surface area contributed by atoms with E-state index in [-0.39, 0.29) is 11.7 Å². The largest absolute Gasteiger partial charge is 0.342 e. The van der Waals surface area contributed by atoms with Crippen LogP contribution in [0.1, 0.15) is 43.3 Å². The van der Waals surface area contributed by atoms with Crippen molar-refractivity contribution in [3.63, 3.8) is 0 Å². The second-order valence-electron chi connectivity index (χ2n) is 7.12. The first-order valence-corrected chi connectivity index (χ1v) is 10.1. The average molecular weight is 375 g/mol. The summed E-state index contributed by atoms with van der Waals surface area (Å²) in [5, 5.41) is 4.07. The molecule has 2 fully saturated rings. The monoisotopic (exact) mass is 375 g/mol. The van der Waals surface area contributed by atoms with Crippen LogP contribution in [-0.4, -0.2) is 39.8 Å². The molecule has 7 heteroatoms. The summed E-state index contributed by atoms with van der Waals surface area (Å²) in [4.78, 5) is 19.9. The second kappa shape index (κ2) is 7.78. The Bertz CT molecular complexity index is 760. The van der Waals surface area contributed by atoms with Gasteiger partial charge in [0.1, 0.15) is 5.82 Å². The van der Waals surface area contributed by atoms with Gasteiger partial charge in [-0.15, -0.1) is 11.8 Å². The molecule has 2 heterocycles. The van der Waals surface area contributed by atoms with Crippen LogP contribution in [0.25, 0.3) is 0 Å². The van der Waals surface area contributed by atoms with E-state index in [2.05, 4.69) is 10.1 Å². The molecular weight excluding hydrogens is 353 g/mol. The number of halogens is 1. The van der Waals surface area contributed by atoms with Gasteiger partial charge in [-0.05, 0) is 55.9 Å². The number of thioether (sulfide) groups is 1. The van der Waals surface area contributed by atoms with Gasteiger partial charge in [-0.2, -0.15) is 4.98 Å². The number of hydrogen-bond acceptors (Lipinski definition) is 5. The van der Waals surface area contributed by atoms with Crippen LogP contribution in [0.4, 0.5) is 4.39 Å². The zero-order chi connectivity index (χ0) is 17.9. The summed E-state index contributed by atoms with van der Waals surface area (Å²) in [5.41, 5.74) is 0.